The first-order valence-electron chi connectivity index (χ1n) is 9.86. The molecule has 0 radical (unpaired) electrons. The molecule has 0 amide bonds. The molecule has 1 unspecified atom stereocenters. The highest BCUT2D eigenvalue weighted by molar-refractivity contribution is 5.63. The third-order valence-corrected chi connectivity index (χ3v) is 5.75. The molecule has 0 saturated heterocycles. The van der Waals surface area contributed by atoms with Gasteiger partial charge < -0.3 is 23.7 Å². The molecule has 3 aromatic rings. The van der Waals surface area contributed by atoms with Crippen molar-refractivity contribution in [1.29, 1.82) is 0 Å². The number of benzene rings is 2. The Morgan fingerprint density at radius 1 is 1.06 bits per heavy atom. The van der Waals surface area contributed by atoms with Crippen LogP contribution in [0.25, 0.3) is 5.69 Å². The Hall–Kier alpha value is -3.53. The van der Waals surface area contributed by atoms with Crippen LogP contribution in [-0.2, 0) is 6.42 Å². The second-order valence-corrected chi connectivity index (χ2v) is 7.34. The van der Waals surface area contributed by atoms with Crippen LogP contribution in [-0.4, -0.2) is 66.8 Å². The van der Waals surface area contributed by atoms with Crippen LogP contribution in [0.1, 0.15) is 23.0 Å². The van der Waals surface area contributed by atoms with E-state index in [2.05, 4.69) is 20.4 Å². The van der Waals surface area contributed by atoms with E-state index < -0.39 is 0 Å². The Bertz CT molecular complexity index is 1130. The maximum absolute atomic E-state index is 5.80. The van der Waals surface area contributed by atoms with Crippen LogP contribution in [0.2, 0.25) is 0 Å². The standard InChI is InChI=1S/C21H23N5O5/c1-25-8-7-12-9-16-19(31-11-30-16)20(29-4)17(12)18(25)21-22-23-24-26(21)14-10-13(27-2)5-6-15(14)28-3/h5-6,9-10,18H,7-8,11H2,1-4H3. The first kappa shape index (κ1) is 19.4. The van der Waals surface area contributed by atoms with Crippen molar-refractivity contribution >= 4 is 0 Å². The summed E-state index contributed by atoms with van der Waals surface area (Å²) in [5.74, 6) is 3.90. The zero-order valence-electron chi connectivity index (χ0n) is 17.8. The fraction of sp³-hybridized carbons (Fsp3) is 0.381. The molecule has 1 aromatic heterocycles. The van der Waals surface area contributed by atoms with E-state index in [1.54, 1.807) is 26.0 Å². The molecule has 0 N–H and O–H groups in total. The third kappa shape index (κ3) is 3.02. The number of aromatic nitrogens is 4. The molecule has 10 heteroatoms. The van der Waals surface area contributed by atoms with Gasteiger partial charge in [0.25, 0.3) is 0 Å². The lowest BCUT2D eigenvalue weighted by Gasteiger charge is -2.34. The second kappa shape index (κ2) is 7.62. The summed E-state index contributed by atoms with van der Waals surface area (Å²) in [5.41, 5.74) is 2.77. The van der Waals surface area contributed by atoms with Crippen molar-refractivity contribution in [2.24, 2.45) is 0 Å². The van der Waals surface area contributed by atoms with Gasteiger partial charge in [0, 0.05) is 18.2 Å². The Morgan fingerprint density at radius 3 is 2.71 bits per heavy atom. The van der Waals surface area contributed by atoms with Gasteiger partial charge in [0.05, 0.1) is 21.3 Å². The normalized spacial score (nSPS) is 17.4. The number of tetrazole rings is 1. The smallest absolute Gasteiger partial charge is 0.231 e. The van der Waals surface area contributed by atoms with Crippen LogP contribution in [0.3, 0.4) is 0 Å². The molecule has 10 nitrogen and oxygen atoms in total. The number of hydrogen-bond donors (Lipinski definition) is 0. The molecule has 2 aliphatic heterocycles. The Morgan fingerprint density at radius 2 is 1.94 bits per heavy atom. The van der Waals surface area contributed by atoms with E-state index in [0.717, 1.165) is 24.1 Å². The molecule has 1 atom stereocenters. The Kier molecular flexibility index (Phi) is 4.78. The van der Waals surface area contributed by atoms with E-state index in [1.807, 2.05) is 31.3 Å². The summed E-state index contributed by atoms with van der Waals surface area (Å²) in [4.78, 5) is 2.20. The lowest BCUT2D eigenvalue weighted by molar-refractivity contribution is 0.170. The van der Waals surface area contributed by atoms with Crippen LogP contribution in [0, 0.1) is 0 Å². The molecule has 0 saturated carbocycles. The number of likely N-dealkylation sites (N-methyl/N-ethyl adjacent to an activating group) is 1. The number of ether oxygens (including phenoxy) is 5. The van der Waals surface area contributed by atoms with Crippen molar-refractivity contribution in [1.82, 2.24) is 25.1 Å². The van der Waals surface area contributed by atoms with E-state index in [0.29, 0.717) is 40.3 Å². The molecule has 162 valence electrons. The van der Waals surface area contributed by atoms with Gasteiger partial charge in [-0.2, -0.15) is 4.68 Å². The number of methoxy groups -OCH3 is 3. The van der Waals surface area contributed by atoms with Gasteiger partial charge in [0.2, 0.25) is 12.5 Å². The zero-order valence-corrected chi connectivity index (χ0v) is 17.8. The van der Waals surface area contributed by atoms with E-state index >= 15 is 0 Å². The highest BCUT2D eigenvalue weighted by Crippen LogP contribution is 2.50. The summed E-state index contributed by atoms with van der Waals surface area (Å²) in [6.07, 6.45) is 0.847. The summed E-state index contributed by atoms with van der Waals surface area (Å²) in [7, 11) is 6.91. The fourth-order valence-corrected chi connectivity index (χ4v) is 4.26. The minimum atomic E-state index is -0.265. The van der Waals surface area contributed by atoms with Gasteiger partial charge in [-0.25, -0.2) is 0 Å². The van der Waals surface area contributed by atoms with Crippen LogP contribution < -0.4 is 23.7 Å². The van der Waals surface area contributed by atoms with E-state index in [4.69, 9.17) is 23.7 Å². The molecule has 0 fully saturated rings. The summed E-state index contributed by atoms with van der Waals surface area (Å²) < 4.78 is 29.8. The van der Waals surface area contributed by atoms with Crippen LogP contribution in [0.5, 0.6) is 28.7 Å². The number of hydrogen-bond acceptors (Lipinski definition) is 9. The molecular formula is C21H23N5O5. The highest BCUT2D eigenvalue weighted by Gasteiger charge is 2.38. The van der Waals surface area contributed by atoms with E-state index in [9.17, 15) is 0 Å². The lowest BCUT2D eigenvalue weighted by Crippen LogP contribution is -2.35. The van der Waals surface area contributed by atoms with Gasteiger partial charge in [-0.15, -0.1) is 5.10 Å². The minimum absolute atomic E-state index is 0.174. The average molecular weight is 425 g/mol. The predicted molar refractivity (Wildman–Crippen MR) is 110 cm³/mol. The fourth-order valence-electron chi connectivity index (χ4n) is 4.26. The Labute approximate surface area is 179 Å². The third-order valence-electron chi connectivity index (χ3n) is 5.75. The monoisotopic (exact) mass is 425 g/mol. The van der Waals surface area contributed by atoms with Crippen LogP contribution >= 0.6 is 0 Å². The van der Waals surface area contributed by atoms with Gasteiger partial charge in [0.1, 0.15) is 23.2 Å². The van der Waals surface area contributed by atoms with Crippen molar-refractivity contribution in [3.05, 3.63) is 41.2 Å². The number of nitrogens with zero attached hydrogens (tertiary/aromatic N) is 5. The lowest BCUT2D eigenvalue weighted by atomic mass is 9.90. The summed E-state index contributed by atoms with van der Waals surface area (Å²) in [5, 5.41) is 12.7. The largest absolute Gasteiger partial charge is 0.497 e. The van der Waals surface area contributed by atoms with Crippen molar-refractivity contribution in [2.75, 3.05) is 41.7 Å². The van der Waals surface area contributed by atoms with Gasteiger partial charge in [-0.05, 0) is 47.7 Å². The molecule has 2 aromatic carbocycles. The first-order chi connectivity index (χ1) is 15.2. The molecule has 0 aliphatic carbocycles. The zero-order chi connectivity index (χ0) is 21.5. The number of rotatable bonds is 5. The number of fused-ring (bicyclic) bond motifs is 2. The molecule has 0 spiro atoms. The van der Waals surface area contributed by atoms with Crippen molar-refractivity contribution < 1.29 is 23.7 Å². The van der Waals surface area contributed by atoms with Crippen LogP contribution in [0.4, 0.5) is 0 Å². The van der Waals surface area contributed by atoms with E-state index in [1.165, 1.54) is 0 Å². The molecule has 5 rings (SSSR count). The molecule has 3 heterocycles. The minimum Gasteiger partial charge on any atom is -0.497 e. The molecular weight excluding hydrogens is 402 g/mol. The molecule has 2 aliphatic rings. The molecule has 31 heavy (non-hydrogen) atoms. The first-order valence-corrected chi connectivity index (χ1v) is 9.86. The highest BCUT2D eigenvalue weighted by atomic mass is 16.7. The van der Waals surface area contributed by atoms with Gasteiger partial charge in [-0.1, -0.05) is 0 Å². The topological polar surface area (TPSA) is 93.0 Å². The predicted octanol–water partition coefficient (Wildman–Crippen LogP) is 1.99. The summed E-state index contributed by atoms with van der Waals surface area (Å²) in [6, 6.07) is 7.27. The second-order valence-electron chi connectivity index (χ2n) is 7.34. The van der Waals surface area contributed by atoms with Gasteiger partial charge >= 0.3 is 0 Å². The summed E-state index contributed by atoms with van der Waals surface area (Å²) in [6.45, 7) is 0.996. The Balaban J connectivity index is 1.71. The van der Waals surface area contributed by atoms with Crippen LogP contribution in [0.15, 0.2) is 24.3 Å². The van der Waals surface area contributed by atoms with Crippen molar-refractivity contribution in [3.63, 3.8) is 0 Å². The van der Waals surface area contributed by atoms with Crippen molar-refractivity contribution in [3.8, 4) is 34.4 Å². The average Bonchev–Trinajstić information content (AvgIpc) is 3.46. The maximum atomic E-state index is 5.80. The van der Waals surface area contributed by atoms with Crippen molar-refractivity contribution in [2.45, 2.75) is 12.5 Å². The van der Waals surface area contributed by atoms with Gasteiger partial charge in [0.15, 0.2) is 17.3 Å². The van der Waals surface area contributed by atoms with Gasteiger partial charge in [-0.3, -0.25) is 4.90 Å². The van der Waals surface area contributed by atoms with E-state index in [-0.39, 0.29) is 12.8 Å². The maximum Gasteiger partial charge on any atom is 0.231 e. The SMILES string of the molecule is COc1ccc(OC)c(-n2nnnc2C2c3c(cc4c(c3OC)OCO4)CCN2C)c1. The summed E-state index contributed by atoms with van der Waals surface area (Å²) >= 11 is 0. The molecule has 0 bridgehead atoms. The quantitative estimate of drug-likeness (QED) is 0.608.